The highest BCUT2D eigenvalue weighted by atomic mass is 16.4. The molecule has 1 aliphatic rings. The van der Waals surface area contributed by atoms with E-state index >= 15 is 0 Å². The second-order valence-corrected chi connectivity index (χ2v) is 5.36. The van der Waals surface area contributed by atoms with Crippen LogP contribution in [0.5, 0.6) is 0 Å². The summed E-state index contributed by atoms with van der Waals surface area (Å²) in [5, 5.41) is 12.2. The highest BCUT2D eigenvalue weighted by Gasteiger charge is 2.31. The van der Waals surface area contributed by atoms with E-state index in [1.165, 1.54) is 12.8 Å². The van der Waals surface area contributed by atoms with Crippen molar-refractivity contribution < 1.29 is 9.90 Å². The van der Waals surface area contributed by atoms with E-state index in [0.717, 1.165) is 13.0 Å². The van der Waals surface area contributed by atoms with Gasteiger partial charge in [0.15, 0.2) is 0 Å². The minimum absolute atomic E-state index is 0.423. The Hall–Kier alpha value is -0.610. The fraction of sp³-hybridized carbons (Fsp3) is 0.923. The van der Waals surface area contributed by atoms with Gasteiger partial charge in [-0.1, -0.05) is 20.8 Å². The SMILES string of the molecule is CCNC(CN(CCC(C)C)C1CC1)C(=O)O. The van der Waals surface area contributed by atoms with Crippen LogP contribution in [0, 0.1) is 5.92 Å². The molecule has 0 aromatic rings. The molecule has 1 atom stereocenters. The number of nitrogens with one attached hydrogen (secondary N) is 1. The molecule has 0 aliphatic heterocycles. The number of carboxylic acid groups (broad SMARTS) is 1. The first-order chi connectivity index (χ1) is 8.04. The van der Waals surface area contributed by atoms with E-state index in [1.54, 1.807) is 0 Å². The third-order valence-corrected chi connectivity index (χ3v) is 3.22. The van der Waals surface area contributed by atoms with E-state index in [2.05, 4.69) is 24.1 Å². The molecule has 4 nitrogen and oxygen atoms in total. The second kappa shape index (κ2) is 6.97. The van der Waals surface area contributed by atoms with Crippen LogP contribution in [0.2, 0.25) is 0 Å². The lowest BCUT2D eigenvalue weighted by Gasteiger charge is -2.26. The number of rotatable bonds is 9. The maximum absolute atomic E-state index is 11.1. The third-order valence-electron chi connectivity index (χ3n) is 3.22. The molecule has 1 rings (SSSR count). The maximum Gasteiger partial charge on any atom is 0.322 e. The lowest BCUT2D eigenvalue weighted by Crippen LogP contribution is -2.47. The van der Waals surface area contributed by atoms with Crippen molar-refractivity contribution in [3.8, 4) is 0 Å². The number of carbonyl (C=O) groups is 1. The number of hydrogen-bond donors (Lipinski definition) is 2. The lowest BCUT2D eigenvalue weighted by molar-refractivity contribution is -0.140. The number of nitrogens with zero attached hydrogens (tertiary/aromatic N) is 1. The fourth-order valence-electron chi connectivity index (χ4n) is 2.00. The highest BCUT2D eigenvalue weighted by molar-refractivity contribution is 5.73. The predicted octanol–water partition coefficient (Wildman–Crippen LogP) is 1.56. The predicted molar refractivity (Wildman–Crippen MR) is 69.2 cm³/mol. The molecule has 2 N–H and O–H groups in total. The summed E-state index contributed by atoms with van der Waals surface area (Å²) in [6.07, 6.45) is 3.61. The molecule has 0 heterocycles. The Morgan fingerprint density at radius 1 is 1.47 bits per heavy atom. The monoisotopic (exact) mass is 242 g/mol. The van der Waals surface area contributed by atoms with Gasteiger partial charge in [-0.2, -0.15) is 0 Å². The van der Waals surface area contributed by atoms with E-state index < -0.39 is 12.0 Å². The molecule has 0 bridgehead atoms. The molecule has 0 amide bonds. The van der Waals surface area contributed by atoms with Crippen LogP contribution in [0.3, 0.4) is 0 Å². The summed E-state index contributed by atoms with van der Waals surface area (Å²) >= 11 is 0. The van der Waals surface area contributed by atoms with Gasteiger partial charge in [0, 0.05) is 12.6 Å². The quantitative estimate of drug-likeness (QED) is 0.644. The molecule has 4 heteroatoms. The summed E-state index contributed by atoms with van der Waals surface area (Å²) in [5.74, 6) is -0.0549. The minimum Gasteiger partial charge on any atom is -0.480 e. The first kappa shape index (κ1) is 14.5. The minimum atomic E-state index is -0.734. The standard InChI is InChI=1S/C13H26N2O2/c1-4-14-12(13(16)17)9-15(11-5-6-11)8-7-10(2)3/h10-12,14H,4-9H2,1-3H3,(H,16,17). The second-order valence-electron chi connectivity index (χ2n) is 5.36. The summed E-state index contributed by atoms with van der Waals surface area (Å²) in [4.78, 5) is 13.5. The highest BCUT2D eigenvalue weighted by Crippen LogP contribution is 2.27. The molecule has 0 aromatic heterocycles. The van der Waals surface area contributed by atoms with Gasteiger partial charge in [-0.05, 0) is 38.3 Å². The van der Waals surface area contributed by atoms with Crippen LogP contribution in [0.1, 0.15) is 40.0 Å². The molecule has 1 unspecified atom stereocenters. The molecule has 0 spiro atoms. The number of carboxylic acids is 1. The Bertz CT molecular complexity index is 240. The van der Waals surface area contributed by atoms with Gasteiger partial charge in [-0.15, -0.1) is 0 Å². The molecule has 0 radical (unpaired) electrons. The smallest absolute Gasteiger partial charge is 0.322 e. The molecule has 0 saturated heterocycles. The summed E-state index contributed by atoms with van der Waals surface area (Å²) in [6, 6.07) is 0.210. The maximum atomic E-state index is 11.1. The molecule has 1 aliphatic carbocycles. The van der Waals surface area contributed by atoms with Crippen molar-refractivity contribution in [2.45, 2.75) is 52.1 Å². The molecule has 1 saturated carbocycles. The summed E-state index contributed by atoms with van der Waals surface area (Å²) in [7, 11) is 0. The Morgan fingerprint density at radius 3 is 2.53 bits per heavy atom. The molecular weight excluding hydrogens is 216 g/mol. The Labute approximate surface area is 104 Å². The fourth-order valence-corrected chi connectivity index (χ4v) is 2.00. The van der Waals surface area contributed by atoms with Crippen molar-refractivity contribution >= 4 is 5.97 Å². The van der Waals surface area contributed by atoms with E-state index in [1.807, 2.05) is 6.92 Å². The van der Waals surface area contributed by atoms with Gasteiger partial charge < -0.3 is 10.4 Å². The number of aliphatic carboxylic acids is 1. The van der Waals surface area contributed by atoms with Crippen molar-refractivity contribution in [2.75, 3.05) is 19.6 Å². The zero-order valence-corrected chi connectivity index (χ0v) is 11.3. The first-order valence-corrected chi connectivity index (χ1v) is 6.74. The topological polar surface area (TPSA) is 52.6 Å². The van der Waals surface area contributed by atoms with E-state index in [0.29, 0.717) is 25.0 Å². The normalized spacial score (nSPS) is 17.7. The average Bonchev–Trinajstić information content (AvgIpc) is 3.05. The lowest BCUT2D eigenvalue weighted by atomic mass is 10.1. The number of hydrogen-bond acceptors (Lipinski definition) is 3. The Morgan fingerprint density at radius 2 is 2.12 bits per heavy atom. The van der Waals surface area contributed by atoms with Crippen molar-refractivity contribution in [1.29, 1.82) is 0 Å². The summed E-state index contributed by atoms with van der Waals surface area (Å²) in [5.41, 5.74) is 0. The van der Waals surface area contributed by atoms with Crippen LogP contribution in [0.4, 0.5) is 0 Å². The van der Waals surface area contributed by atoms with Gasteiger partial charge in [0.05, 0.1) is 0 Å². The summed E-state index contributed by atoms with van der Waals surface area (Å²) < 4.78 is 0. The third kappa shape index (κ3) is 5.50. The van der Waals surface area contributed by atoms with Crippen molar-refractivity contribution in [2.24, 2.45) is 5.92 Å². The Balaban J connectivity index is 2.43. The van der Waals surface area contributed by atoms with Gasteiger partial charge in [-0.25, -0.2) is 0 Å². The molecule has 1 fully saturated rings. The molecule has 17 heavy (non-hydrogen) atoms. The first-order valence-electron chi connectivity index (χ1n) is 6.74. The van der Waals surface area contributed by atoms with Gasteiger partial charge >= 0.3 is 5.97 Å². The van der Waals surface area contributed by atoms with Crippen LogP contribution in [0.15, 0.2) is 0 Å². The molecule has 0 aromatic carbocycles. The van der Waals surface area contributed by atoms with Crippen LogP contribution in [0.25, 0.3) is 0 Å². The number of likely N-dealkylation sites (N-methyl/N-ethyl adjacent to an activating group) is 1. The van der Waals surface area contributed by atoms with Gasteiger partial charge in [0.1, 0.15) is 6.04 Å². The van der Waals surface area contributed by atoms with Gasteiger partial charge in [0.2, 0.25) is 0 Å². The summed E-state index contributed by atoms with van der Waals surface area (Å²) in [6.45, 7) is 8.75. The van der Waals surface area contributed by atoms with Crippen molar-refractivity contribution in [3.63, 3.8) is 0 Å². The molecule has 100 valence electrons. The van der Waals surface area contributed by atoms with Crippen molar-refractivity contribution in [1.82, 2.24) is 10.2 Å². The largest absolute Gasteiger partial charge is 0.480 e. The average molecular weight is 242 g/mol. The van der Waals surface area contributed by atoms with Crippen LogP contribution in [-0.4, -0.2) is 47.7 Å². The van der Waals surface area contributed by atoms with Gasteiger partial charge in [-0.3, -0.25) is 9.69 Å². The Kier molecular flexibility index (Phi) is 5.92. The van der Waals surface area contributed by atoms with Crippen LogP contribution in [-0.2, 0) is 4.79 Å². The van der Waals surface area contributed by atoms with Crippen LogP contribution >= 0.6 is 0 Å². The van der Waals surface area contributed by atoms with E-state index in [4.69, 9.17) is 5.11 Å². The molecular formula is C13H26N2O2. The van der Waals surface area contributed by atoms with Gasteiger partial charge in [0.25, 0.3) is 0 Å². The zero-order chi connectivity index (χ0) is 12.8. The van der Waals surface area contributed by atoms with Crippen molar-refractivity contribution in [3.05, 3.63) is 0 Å². The van der Waals surface area contributed by atoms with Crippen LogP contribution < -0.4 is 5.32 Å². The van der Waals surface area contributed by atoms with E-state index in [-0.39, 0.29) is 0 Å². The van der Waals surface area contributed by atoms with E-state index in [9.17, 15) is 4.79 Å². The zero-order valence-electron chi connectivity index (χ0n) is 11.3.